The molecule has 0 aromatic heterocycles. The Bertz CT molecular complexity index is 348. The molecule has 0 aliphatic heterocycles. The lowest BCUT2D eigenvalue weighted by Gasteiger charge is -2.17. The van der Waals surface area contributed by atoms with Crippen LogP contribution in [0.15, 0.2) is 24.3 Å². The van der Waals surface area contributed by atoms with E-state index < -0.39 is 6.10 Å². The largest absolute Gasteiger partial charge is 0.388 e. The highest BCUT2D eigenvalue weighted by molar-refractivity contribution is 5.24. The van der Waals surface area contributed by atoms with E-state index in [0.717, 1.165) is 18.4 Å². The van der Waals surface area contributed by atoms with Crippen molar-refractivity contribution in [2.75, 3.05) is 13.7 Å². The van der Waals surface area contributed by atoms with Crippen molar-refractivity contribution >= 4 is 0 Å². The number of benzene rings is 1. The van der Waals surface area contributed by atoms with E-state index in [9.17, 15) is 5.11 Å². The van der Waals surface area contributed by atoms with Gasteiger partial charge < -0.3 is 15.6 Å². The zero-order valence-electron chi connectivity index (χ0n) is 12.3. The van der Waals surface area contributed by atoms with Crippen molar-refractivity contribution in [1.82, 2.24) is 0 Å². The second kappa shape index (κ2) is 8.31. The Balaban J connectivity index is 2.50. The van der Waals surface area contributed by atoms with Crippen LogP contribution in [0.1, 0.15) is 43.9 Å². The number of ether oxygens (including phenoxy) is 1. The molecule has 0 bridgehead atoms. The summed E-state index contributed by atoms with van der Waals surface area (Å²) in [6.07, 6.45) is 1.94. The second-order valence-electron chi connectivity index (χ2n) is 5.63. The molecule has 2 unspecified atom stereocenters. The van der Waals surface area contributed by atoms with Crippen LogP contribution in [-0.2, 0) is 11.2 Å². The van der Waals surface area contributed by atoms with E-state index in [-0.39, 0.29) is 6.04 Å². The van der Waals surface area contributed by atoms with Gasteiger partial charge in [-0.25, -0.2) is 0 Å². The molecule has 1 aromatic rings. The summed E-state index contributed by atoms with van der Waals surface area (Å²) in [5.41, 5.74) is 8.21. The zero-order chi connectivity index (χ0) is 14.3. The number of hydrogen-bond acceptors (Lipinski definition) is 3. The van der Waals surface area contributed by atoms with Crippen molar-refractivity contribution in [3.8, 4) is 0 Å². The van der Waals surface area contributed by atoms with Gasteiger partial charge in [0, 0.05) is 19.8 Å². The van der Waals surface area contributed by atoms with Crippen molar-refractivity contribution < 1.29 is 9.84 Å². The highest BCUT2D eigenvalue weighted by Crippen LogP contribution is 2.20. The highest BCUT2D eigenvalue weighted by Gasteiger charge is 2.12. The first-order valence-electron chi connectivity index (χ1n) is 7.04. The predicted molar refractivity (Wildman–Crippen MR) is 79.0 cm³/mol. The maximum Gasteiger partial charge on any atom is 0.0804 e. The van der Waals surface area contributed by atoms with E-state index >= 15 is 0 Å². The molecule has 0 heterocycles. The van der Waals surface area contributed by atoms with Gasteiger partial charge in [0.15, 0.2) is 0 Å². The quantitative estimate of drug-likeness (QED) is 0.760. The van der Waals surface area contributed by atoms with Crippen molar-refractivity contribution in [3.05, 3.63) is 35.4 Å². The Labute approximate surface area is 116 Å². The molecule has 108 valence electrons. The number of hydrogen-bond donors (Lipinski definition) is 2. The van der Waals surface area contributed by atoms with Gasteiger partial charge in [-0.05, 0) is 36.3 Å². The third-order valence-corrected chi connectivity index (χ3v) is 3.23. The van der Waals surface area contributed by atoms with E-state index in [1.165, 1.54) is 5.56 Å². The van der Waals surface area contributed by atoms with E-state index in [0.29, 0.717) is 18.9 Å². The van der Waals surface area contributed by atoms with Crippen LogP contribution in [0.4, 0.5) is 0 Å². The summed E-state index contributed by atoms with van der Waals surface area (Å²) in [5.74, 6) is 0.651. The van der Waals surface area contributed by atoms with Crippen molar-refractivity contribution in [3.63, 3.8) is 0 Å². The Morgan fingerprint density at radius 3 is 2.37 bits per heavy atom. The molecule has 19 heavy (non-hydrogen) atoms. The van der Waals surface area contributed by atoms with Gasteiger partial charge in [-0.3, -0.25) is 0 Å². The number of aliphatic hydroxyl groups excluding tert-OH is 1. The summed E-state index contributed by atoms with van der Waals surface area (Å²) in [5, 5.41) is 10.1. The molecule has 0 fully saturated rings. The van der Waals surface area contributed by atoms with Crippen LogP contribution in [0.2, 0.25) is 0 Å². The summed E-state index contributed by atoms with van der Waals surface area (Å²) in [4.78, 5) is 0. The molecule has 0 saturated heterocycles. The minimum atomic E-state index is -0.486. The molecule has 0 radical (unpaired) electrons. The zero-order valence-corrected chi connectivity index (χ0v) is 12.3. The molecule has 3 heteroatoms. The first kappa shape index (κ1) is 16.2. The fourth-order valence-corrected chi connectivity index (χ4v) is 2.16. The fourth-order valence-electron chi connectivity index (χ4n) is 2.16. The maximum absolute atomic E-state index is 10.1. The highest BCUT2D eigenvalue weighted by atomic mass is 16.5. The van der Waals surface area contributed by atoms with E-state index in [1.807, 2.05) is 12.1 Å². The lowest BCUT2D eigenvalue weighted by atomic mass is 9.97. The lowest BCUT2D eigenvalue weighted by Crippen LogP contribution is -2.24. The molecule has 0 aliphatic rings. The van der Waals surface area contributed by atoms with Gasteiger partial charge in [-0.15, -0.1) is 0 Å². The smallest absolute Gasteiger partial charge is 0.0804 e. The van der Waals surface area contributed by atoms with Crippen molar-refractivity contribution in [2.45, 2.75) is 45.3 Å². The normalized spacial score (nSPS) is 14.6. The number of aliphatic hydroxyl groups is 1. The lowest BCUT2D eigenvalue weighted by molar-refractivity contribution is 0.141. The average Bonchev–Trinajstić information content (AvgIpc) is 2.36. The monoisotopic (exact) mass is 265 g/mol. The van der Waals surface area contributed by atoms with Crippen LogP contribution in [0, 0.1) is 5.92 Å². The molecule has 0 saturated carbocycles. The maximum atomic E-state index is 10.1. The van der Waals surface area contributed by atoms with Crippen LogP contribution in [-0.4, -0.2) is 24.9 Å². The summed E-state index contributed by atoms with van der Waals surface area (Å²) in [6.45, 7) is 5.05. The van der Waals surface area contributed by atoms with Gasteiger partial charge in [-0.1, -0.05) is 38.1 Å². The number of rotatable bonds is 8. The Kier molecular flexibility index (Phi) is 7.06. The predicted octanol–water partition coefficient (Wildman–Crippen LogP) is 2.67. The van der Waals surface area contributed by atoms with Crippen LogP contribution < -0.4 is 5.73 Å². The Morgan fingerprint density at radius 1 is 1.21 bits per heavy atom. The average molecular weight is 265 g/mol. The van der Waals surface area contributed by atoms with Crippen molar-refractivity contribution in [2.24, 2.45) is 11.7 Å². The molecule has 0 aliphatic carbocycles. The van der Waals surface area contributed by atoms with E-state index in [4.69, 9.17) is 10.5 Å². The number of nitrogens with two attached hydrogens (primary N) is 1. The summed E-state index contributed by atoms with van der Waals surface area (Å²) in [6, 6.07) is 8.18. The Hall–Kier alpha value is -0.900. The van der Waals surface area contributed by atoms with Gasteiger partial charge in [0.2, 0.25) is 0 Å². The van der Waals surface area contributed by atoms with E-state index in [1.54, 1.807) is 7.11 Å². The summed E-state index contributed by atoms with van der Waals surface area (Å²) >= 11 is 0. The minimum Gasteiger partial charge on any atom is -0.388 e. The molecular formula is C16H27NO2. The van der Waals surface area contributed by atoms with Gasteiger partial charge in [-0.2, -0.15) is 0 Å². The Morgan fingerprint density at radius 2 is 1.84 bits per heavy atom. The molecule has 0 amide bonds. The SMILES string of the molecule is COCCC(N)CC(O)c1ccc(CC(C)C)cc1. The molecule has 2 atom stereocenters. The van der Waals surface area contributed by atoms with Gasteiger partial charge >= 0.3 is 0 Å². The standard InChI is InChI=1S/C16H27NO2/c1-12(2)10-13-4-6-14(7-5-13)16(18)11-15(17)8-9-19-3/h4-7,12,15-16,18H,8-11,17H2,1-3H3. The van der Waals surface area contributed by atoms with Gasteiger partial charge in [0.05, 0.1) is 6.10 Å². The molecule has 1 aromatic carbocycles. The summed E-state index contributed by atoms with van der Waals surface area (Å²) in [7, 11) is 1.66. The molecule has 3 nitrogen and oxygen atoms in total. The molecular weight excluding hydrogens is 238 g/mol. The molecule has 0 spiro atoms. The van der Waals surface area contributed by atoms with Crippen molar-refractivity contribution in [1.29, 1.82) is 0 Å². The van der Waals surface area contributed by atoms with Crippen LogP contribution in [0.5, 0.6) is 0 Å². The number of methoxy groups -OCH3 is 1. The van der Waals surface area contributed by atoms with Gasteiger partial charge in [0.1, 0.15) is 0 Å². The van der Waals surface area contributed by atoms with E-state index in [2.05, 4.69) is 26.0 Å². The third-order valence-electron chi connectivity index (χ3n) is 3.23. The fraction of sp³-hybridized carbons (Fsp3) is 0.625. The van der Waals surface area contributed by atoms with Crippen LogP contribution in [0.25, 0.3) is 0 Å². The third kappa shape index (κ3) is 6.19. The first-order chi connectivity index (χ1) is 9.02. The van der Waals surface area contributed by atoms with Crippen LogP contribution >= 0.6 is 0 Å². The minimum absolute atomic E-state index is 0.0229. The van der Waals surface area contributed by atoms with Gasteiger partial charge in [0.25, 0.3) is 0 Å². The first-order valence-corrected chi connectivity index (χ1v) is 7.04. The molecule has 1 rings (SSSR count). The topological polar surface area (TPSA) is 55.5 Å². The van der Waals surface area contributed by atoms with Crippen LogP contribution in [0.3, 0.4) is 0 Å². The summed E-state index contributed by atoms with van der Waals surface area (Å²) < 4.78 is 4.99. The second-order valence-corrected chi connectivity index (χ2v) is 5.63. The molecule has 3 N–H and O–H groups in total.